The highest BCUT2D eigenvalue weighted by molar-refractivity contribution is 7.14. The topological polar surface area (TPSA) is 33.2 Å². The van der Waals surface area contributed by atoms with Crippen molar-refractivity contribution in [2.24, 2.45) is 0 Å². The number of nitrogens with zero attached hydrogens (tertiary/aromatic N) is 2. The van der Waals surface area contributed by atoms with Gasteiger partial charge in [0.05, 0.1) is 0 Å². The quantitative estimate of drug-likeness (QED) is 0.784. The van der Waals surface area contributed by atoms with Crippen LogP contribution in [0.25, 0.3) is 0 Å². The van der Waals surface area contributed by atoms with Crippen LogP contribution in [0.5, 0.6) is 0 Å². The maximum atomic E-state index is 12.8. The predicted molar refractivity (Wildman–Crippen MR) is 66.6 cm³/mol. The van der Waals surface area contributed by atoms with Crippen LogP contribution >= 0.6 is 11.3 Å². The molecular formula is C12H11FN2OS. The Hall–Kier alpha value is -1.75. The van der Waals surface area contributed by atoms with E-state index in [0.717, 1.165) is 5.69 Å². The molecule has 0 bridgehead atoms. The largest absolute Gasteiger partial charge is 0.321 e. The van der Waals surface area contributed by atoms with Crippen molar-refractivity contribution in [3.63, 3.8) is 0 Å². The first-order valence-electron chi connectivity index (χ1n) is 5.03. The summed E-state index contributed by atoms with van der Waals surface area (Å²) in [6.45, 7) is 1.48. The van der Waals surface area contributed by atoms with Gasteiger partial charge in [0.2, 0.25) is 0 Å². The first-order valence-corrected chi connectivity index (χ1v) is 5.91. The number of hydrogen-bond donors (Lipinski definition) is 0. The molecule has 2 rings (SSSR count). The molecule has 88 valence electrons. The van der Waals surface area contributed by atoms with Crippen molar-refractivity contribution in [1.29, 1.82) is 0 Å². The van der Waals surface area contributed by atoms with Crippen molar-refractivity contribution in [1.82, 2.24) is 4.98 Å². The van der Waals surface area contributed by atoms with E-state index in [1.54, 1.807) is 17.5 Å². The summed E-state index contributed by atoms with van der Waals surface area (Å²) in [5, 5.41) is 2.43. The molecule has 0 saturated heterocycles. The molecule has 5 heteroatoms. The zero-order chi connectivity index (χ0) is 12.4. The molecule has 2 aromatic rings. The van der Waals surface area contributed by atoms with Gasteiger partial charge in [0.25, 0.3) is 0 Å². The zero-order valence-electron chi connectivity index (χ0n) is 9.48. The van der Waals surface area contributed by atoms with Crippen LogP contribution in [-0.4, -0.2) is 17.8 Å². The molecule has 1 aromatic carbocycles. The minimum atomic E-state index is -0.272. The van der Waals surface area contributed by atoms with Gasteiger partial charge in [-0.1, -0.05) is 0 Å². The molecule has 0 aliphatic rings. The van der Waals surface area contributed by atoms with Crippen LogP contribution in [0.2, 0.25) is 0 Å². The van der Waals surface area contributed by atoms with E-state index in [4.69, 9.17) is 0 Å². The van der Waals surface area contributed by atoms with Crippen molar-refractivity contribution in [3.8, 4) is 0 Å². The predicted octanol–water partition coefficient (Wildman–Crippen LogP) is 3.25. The smallest absolute Gasteiger partial charge is 0.190 e. The van der Waals surface area contributed by atoms with E-state index in [-0.39, 0.29) is 11.6 Å². The first kappa shape index (κ1) is 11.7. The Morgan fingerprint density at radius 1 is 1.35 bits per heavy atom. The molecule has 0 atom stereocenters. The van der Waals surface area contributed by atoms with E-state index in [2.05, 4.69) is 4.98 Å². The van der Waals surface area contributed by atoms with Crippen molar-refractivity contribution in [2.75, 3.05) is 11.9 Å². The van der Waals surface area contributed by atoms with E-state index in [1.807, 2.05) is 11.9 Å². The normalized spacial score (nSPS) is 10.3. The molecule has 0 aliphatic heterocycles. The molecule has 0 aliphatic carbocycles. The van der Waals surface area contributed by atoms with Gasteiger partial charge in [-0.3, -0.25) is 4.79 Å². The second-order valence-electron chi connectivity index (χ2n) is 3.61. The lowest BCUT2D eigenvalue weighted by Crippen LogP contribution is -2.09. The fourth-order valence-corrected chi connectivity index (χ4v) is 2.21. The highest BCUT2D eigenvalue weighted by Crippen LogP contribution is 2.26. The van der Waals surface area contributed by atoms with Gasteiger partial charge in [-0.25, -0.2) is 9.37 Å². The highest BCUT2D eigenvalue weighted by atomic mass is 32.1. The lowest BCUT2D eigenvalue weighted by Gasteiger charge is -2.15. The third kappa shape index (κ3) is 2.50. The fraction of sp³-hybridized carbons (Fsp3) is 0.167. The van der Waals surface area contributed by atoms with Crippen LogP contribution in [0.4, 0.5) is 15.2 Å². The van der Waals surface area contributed by atoms with E-state index >= 15 is 0 Å². The maximum Gasteiger partial charge on any atom is 0.190 e. The SMILES string of the molecule is CC(=O)c1csc(N(C)c2ccc(F)cc2)n1. The average molecular weight is 250 g/mol. The van der Waals surface area contributed by atoms with E-state index < -0.39 is 0 Å². The lowest BCUT2D eigenvalue weighted by molar-refractivity contribution is 0.101. The Morgan fingerprint density at radius 3 is 2.53 bits per heavy atom. The Morgan fingerprint density at radius 2 is 2.00 bits per heavy atom. The van der Waals surface area contributed by atoms with E-state index in [9.17, 15) is 9.18 Å². The van der Waals surface area contributed by atoms with Gasteiger partial charge in [0, 0.05) is 25.0 Å². The summed E-state index contributed by atoms with van der Waals surface area (Å²) in [5.74, 6) is -0.328. The van der Waals surface area contributed by atoms with Crippen LogP contribution in [-0.2, 0) is 0 Å². The van der Waals surface area contributed by atoms with Crippen molar-refractivity contribution >= 4 is 27.9 Å². The number of rotatable bonds is 3. The number of aromatic nitrogens is 1. The van der Waals surface area contributed by atoms with Gasteiger partial charge in [0.15, 0.2) is 10.9 Å². The molecule has 0 N–H and O–H groups in total. The molecule has 0 radical (unpaired) electrons. The van der Waals surface area contributed by atoms with Crippen LogP contribution in [0, 0.1) is 5.82 Å². The van der Waals surface area contributed by atoms with Crippen LogP contribution in [0.15, 0.2) is 29.6 Å². The number of hydrogen-bond acceptors (Lipinski definition) is 4. The van der Waals surface area contributed by atoms with Gasteiger partial charge >= 0.3 is 0 Å². The fourth-order valence-electron chi connectivity index (χ4n) is 1.36. The molecule has 1 heterocycles. The van der Waals surface area contributed by atoms with Crippen LogP contribution in [0.1, 0.15) is 17.4 Å². The van der Waals surface area contributed by atoms with E-state index in [1.165, 1.54) is 30.4 Å². The van der Waals surface area contributed by atoms with Gasteiger partial charge in [-0.05, 0) is 24.3 Å². The standard InChI is InChI=1S/C12H11FN2OS/c1-8(16)11-7-17-12(14-11)15(2)10-5-3-9(13)4-6-10/h3-7H,1-2H3. The number of anilines is 2. The number of Topliss-reactive ketones (excluding diaryl/α,β-unsaturated/α-hetero) is 1. The molecule has 0 saturated carbocycles. The van der Waals surface area contributed by atoms with Crippen molar-refractivity contribution in [3.05, 3.63) is 41.2 Å². The molecule has 1 aromatic heterocycles. The zero-order valence-corrected chi connectivity index (χ0v) is 10.3. The third-order valence-corrected chi connectivity index (χ3v) is 3.27. The van der Waals surface area contributed by atoms with Crippen LogP contribution in [0.3, 0.4) is 0 Å². The summed E-state index contributed by atoms with van der Waals surface area (Å²) in [6.07, 6.45) is 0. The minimum Gasteiger partial charge on any atom is -0.321 e. The monoisotopic (exact) mass is 250 g/mol. The molecule has 0 amide bonds. The number of carbonyl (C=O) groups excluding carboxylic acids is 1. The second kappa shape index (κ2) is 4.63. The first-order chi connectivity index (χ1) is 8.08. The number of halogens is 1. The van der Waals surface area contributed by atoms with Gasteiger partial charge in [-0.15, -0.1) is 11.3 Å². The molecule has 0 fully saturated rings. The Kier molecular flexibility index (Phi) is 3.19. The Labute approximate surface area is 103 Å². The lowest BCUT2D eigenvalue weighted by atomic mass is 10.3. The summed E-state index contributed by atoms with van der Waals surface area (Å²) < 4.78 is 12.8. The Balaban J connectivity index is 2.27. The van der Waals surface area contributed by atoms with Crippen molar-refractivity contribution < 1.29 is 9.18 Å². The number of thiazole rings is 1. The summed E-state index contributed by atoms with van der Waals surface area (Å²) in [6, 6.07) is 6.13. The second-order valence-corrected chi connectivity index (χ2v) is 4.44. The molecule has 17 heavy (non-hydrogen) atoms. The summed E-state index contributed by atoms with van der Waals surface area (Å²) in [7, 11) is 1.83. The van der Waals surface area contributed by atoms with Gasteiger partial charge < -0.3 is 4.90 Å². The summed E-state index contributed by atoms with van der Waals surface area (Å²) in [5.41, 5.74) is 1.29. The molecule has 0 unspecified atom stereocenters. The molecule has 0 spiro atoms. The minimum absolute atomic E-state index is 0.0555. The van der Waals surface area contributed by atoms with E-state index in [0.29, 0.717) is 10.8 Å². The maximum absolute atomic E-state index is 12.8. The van der Waals surface area contributed by atoms with Gasteiger partial charge in [0.1, 0.15) is 11.5 Å². The summed E-state index contributed by atoms with van der Waals surface area (Å²) >= 11 is 1.39. The van der Waals surface area contributed by atoms with Crippen molar-refractivity contribution in [2.45, 2.75) is 6.92 Å². The summed E-state index contributed by atoms with van der Waals surface area (Å²) in [4.78, 5) is 17.2. The van der Waals surface area contributed by atoms with Crippen LogP contribution < -0.4 is 4.90 Å². The molecular weight excluding hydrogens is 239 g/mol. The third-order valence-electron chi connectivity index (χ3n) is 2.35. The molecule has 3 nitrogen and oxygen atoms in total. The number of carbonyl (C=O) groups is 1. The average Bonchev–Trinajstić information content (AvgIpc) is 2.78. The number of benzene rings is 1. The Bertz CT molecular complexity index is 536. The highest BCUT2D eigenvalue weighted by Gasteiger charge is 2.11. The number of ketones is 1. The van der Waals surface area contributed by atoms with Gasteiger partial charge in [-0.2, -0.15) is 0 Å².